The minimum atomic E-state index is -0.126. The molecular formula is C10H20ClIO. The fourth-order valence-electron chi connectivity index (χ4n) is 0.923. The number of hydrogen-bond acceptors (Lipinski definition) is 1. The summed E-state index contributed by atoms with van der Waals surface area (Å²) in [5, 5.41) is 0. The molecule has 1 nitrogen and oxygen atoms in total. The first-order valence-corrected chi connectivity index (χ1v) is 6.86. The van der Waals surface area contributed by atoms with Crippen LogP contribution in [-0.2, 0) is 4.74 Å². The predicted molar refractivity (Wildman–Crippen MR) is 68.0 cm³/mol. The summed E-state index contributed by atoms with van der Waals surface area (Å²) in [6.07, 6.45) is 2.38. The average Bonchev–Trinajstić information content (AvgIpc) is 2.12. The van der Waals surface area contributed by atoms with Crippen molar-refractivity contribution in [1.29, 1.82) is 0 Å². The van der Waals surface area contributed by atoms with Crippen LogP contribution in [0.4, 0.5) is 0 Å². The predicted octanol–water partition coefficient (Wildman–Crippen LogP) is 3.87. The van der Waals surface area contributed by atoms with E-state index in [-0.39, 0.29) is 5.60 Å². The summed E-state index contributed by atoms with van der Waals surface area (Å²) in [5.41, 5.74) is -0.126. The second-order valence-electron chi connectivity index (χ2n) is 4.10. The van der Waals surface area contributed by atoms with Crippen molar-refractivity contribution >= 4 is 34.2 Å². The van der Waals surface area contributed by atoms with Gasteiger partial charge in [-0.25, -0.2) is 0 Å². The van der Waals surface area contributed by atoms with Gasteiger partial charge >= 0.3 is 0 Å². The maximum absolute atomic E-state index is 5.82. The van der Waals surface area contributed by atoms with Gasteiger partial charge in [0.25, 0.3) is 0 Å². The lowest BCUT2D eigenvalue weighted by Gasteiger charge is -2.25. The highest BCUT2D eigenvalue weighted by atomic mass is 127. The molecule has 0 heterocycles. The quantitative estimate of drug-likeness (QED) is 0.393. The van der Waals surface area contributed by atoms with E-state index in [1.54, 1.807) is 0 Å². The standard InChI is InChI=1S/C10H20ClIO/c1-9(2)5-4-6-13-10(3,7-11)8-12/h9H,4-8H2,1-3H3. The summed E-state index contributed by atoms with van der Waals surface area (Å²) >= 11 is 8.14. The van der Waals surface area contributed by atoms with E-state index in [1.165, 1.54) is 6.42 Å². The molecule has 0 aromatic carbocycles. The van der Waals surface area contributed by atoms with Crippen molar-refractivity contribution in [3.05, 3.63) is 0 Å². The van der Waals surface area contributed by atoms with Gasteiger partial charge in [0.1, 0.15) is 0 Å². The van der Waals surface area contributed by atoms with Crippen LogP contribution in [0.2, 0.25) is 0 Å². The molecule has 0 fully saturated rings. The van der Waals surface area contributed by atoms with Crippen LogP contribution >= 0.6 is 34.2 Å². The minimum Gasteiger partial charge on any atom is -0.373 e. The van der Waals surface area contributed by atoms with Gasteiger partial charge in [-0.2, -0.15) is 0 Å². The second-order valence-corrected chi connectivity index (χ2v) is 5.13. The maximum Gasteiger partial charge on any atom is 0.0878 e. The zero-order valence-electron chi connectivity index (χ0n) is 8.78. The molecule has 13 heavy (non-hydrogen) atoms. The molecule has 1 atom stereocenters. The molecule has 0 aliphatic carbocycles. The maximum atomic E-state index is 5.82. The second kappa shape index (κ2) is 7.30. The van der Waals surface area contributed by atoms with Crippen LogP contribution in [0, 0.1) is 5.92 Å². The van der Waals surface area contributed by atoms with E-state index in [0.717, 1.165) is 23.4 Å². The van der Waals surface area contributed by atoms with Gasteiger partial charge in [-0.05, 0) is 25.7 Å². The lowest BCUT2D eigenvalue weighted by molar-refractivity contribution is 0.00296. The van der Waals surface area contributed by atoms with Crippen LogP contribution < -0.4 is 0 Å². The Bertz CT molecular complexity index is 124. The average molecular weight is 319 g/mol. The molecular weight excluding hydrogens is 298 g/mol. The van der Waals surface area contributed by atoms with Gasteiger partial charge in [-0.3, -0.25) is 0 Å². The first kappa shape index (κ1) is 14.0. The smallest absolute Gasteiger partial charge is 0.0878 e. The monoisotopic (exact) mass is 318 g/mol. The molecule has 0 aliphatic rings. The molecule has 0 rings (SSSR count). The Balaban J connectivity index is 3.50. The molecule has 0 aromatic heterocycles. The van der Waals surface area contributed by atoms with Gasteiger partial charge in [0, 0.05) is 11.0 Å². The Hall–Kier alpha value is 0.980. The van der Waals surface area contributed by atoms with Crippen molar-refractivity contribution in [2.24, 2.45) is 5.92 Å². The van der Waals surface area contributed by atoms with E-state index in [2.05, 4.69) is 43.4 Å². The van der Waals surface area contributed by atoms with Crippen LogP contribution in [-0.4, -0.2) is 22.5 Å². The zero-order chi connectivity index (χ0) is 10.3. The van der Waals surface area contributed by atoms with Crippen LogP contribution in [0.15, 0.2) is 0 Å². The zero-order valence-corrected chi connectivity index (χ0v) is 11.7. The van der Waals surface area contributed by atoms with Gasteiger partial charge in [0.2, 0.25) is 0 Å². The molecule has 3 heteroatoms. The molecule has 80 valence electrons. The topological polar surface area (TPSA) is 9.23 Å². The molecule has 0 aromatic rings. The third kappa shape index (κ3) is 6.97. The largest absolute Gasteiger partial charge is 0.373 e. The Morgan fingerprint density at radius 3 is 2.46 bits per heavy atom. The van der Waals surface area contributed by atoms with E-state index in [0.29, 0.717) is 5.88 Å². The van der Waals surface area contributed by atoms with Gasteiger partial charge < -0.3 is 4.74 Å². The normalized spacial score (nSPS) is 16.2. The molecule has 1 unspecified atom stereocenters. The summed E-state index contributed by atoms with van der Waals surface area (Å²) in [5.74, 6) is 1.35. The fourth-order valence-corrected chi connectivity index (χ4v) is 1.90. The number of alkyl halides is 2. The molecule has 0 spiro atoms. The summed E-state index contributed by atoms with van der Waals surface area (Å²) in [4.78, 5) is 0. The van der Waals surface area contributed by atoms with E-state index in [9.17, 15) is 0 Å². The summed E-state index contributed by atoms with van der Waals surface area (Å²) in [6.45, 7) is 7.38. The Morgan fingerprint density at radius 2 is 2.08 bits per heavy atom. The Labute approximate surface area is 101 Å². The van der Waals surface area contributed by atoms with Gasteiger partial charge in [-0.1, -0.05) is 36.4 Å². The minimum absolute atomic E-state index is 0.126. The fraction of sp³-hybridized carbons (Fsp3) is 1.00. The molecule has 0 radical (unpaired) electrons. The van der Waals surface area contributed by atoms with E-state index >= 15 is 0 Å². The lowest BCUT2D eigenvalue weighted by atomic mass is 10.1. The third-order valence-electron chi connectivity index (χ3n) is 1.94. The van der Waals surface area contributed by atoms with Crippen molar-refractivity contribution in [2.45, 2.75) is 39.2 Å². The summed E-state index contributed by atoms with van der Waals surface area (Å²) in [7, 11) is 0. The number of rotatable bonds is 7. The highest BCUT2D eigenvalue weighted by Crippen LogP contribution is 2.17. The number of hydrogen-bond donors (Lipinski definition) is 0. The number of halogens is 2. The molecule has 0 amide bonds. The highest BCUT2D eigenvalue weighted by molar-refractivity contribution is 14.1. The van der Waals surface area contributed by atoms with Crippen molar-refractivity contribution in [2.75, 3.05) is 16.9 Å². The van der Waals surface area contributed by atoms with Crippen LogP contribution in [0.25, 0.3) is 0 Å². The molecule has 0 N–H and O–H groups in total. The van der Waals surface area contributed by atoms with Crippen LogP contribution in [0.5, 0.6) is 0 Å². The third-order valence-corrected chi connectivity index (χ3v) is 4.12. The molecule has 0 saturated carbocycles. The van der Waals surface area contributed by atoms with Gasteiger partial charge in [0.15, 0.2) is 0 Å². The van der Waals surface area contributed by atoms with Crippen LogP contribution in [0.3, 0.4) is 0 Å². The molecule has 0 bridgehead atoms. The van der Waals surface area contributed by atoms with Crippen LogP contribution in [0.1, 0.15) is 33.6 Å². The number of ether oxygens (including phenoxy) is 1. The highest BCUT2D eigenvalue weighted by Gasteiger charge is 2.21. The van der Waals surface area contributed by atoms with Gasteiger partial charge in [0.05, 0.1) is 11.5 Å². The van der Waals surface area contributed by atoms with Gasteiger partial charge in [-0.15, -0.1) is 11.6 Å². The first-order valence-electron chi connectivity index (χ1n) is 4.80. The summed E-state index contributed by atoms with van der Waals surface area (Å²) < 4.78 is 6.69. The lowest BCUT2D eigenvalue weighted by Crippen LogP contribution is -2.33. The van der Waals surface area contributed by atoms with Crippen molar-refractivity contribution in [3.63, 3.8) is 0 Å². The summed E-state index contributed by atoms with van der Waals surface area (Å²) in [6, 6.07) is 0. The van der Waals surface area contributed by atoms with E-state index in [4.69, 9.17) is 16.3 Å². The molecule has 0 saturated heterocycles. The van der Waals surface area contributed by atoms with E-state index < -0.39 is 0 Å². The SMILES string of the molecule is CC(C)CCCOC(C)(CCl)CI. The Kier molecular flexibility index (Phi) is 7.85. The van der Waals surface area contributed by atoms with E-state index in [1.807, 2.05) is 0 Å². The first-order chi connectivity index (χ1) is 6.04. The molecule has 0 aliphatic heterocycles. The van der Waals surface area contributed by atoms with Crippen molar-refractivity contribution in [1.82, 2.24) is 0 Å². The van der Waals surface area contributed by atoms with Crippen molar-refractivity contribution < 1.29 is 4.74 Å². The Morgan fingerprint density at radius 1 is 1.46 bits per heavy atom. The van der Waals surface area contributed by atoms with Crippen molar-refractivity contribution in [3.8, 4) is 0 Å².